The Morgan fingerprint density at radius 1 is 1.10 bits per heavy atom. The number of nitrogens with zero attached hydrogens (tertiary/aromatic N) is 1. The maximum absolute atomic E-state index is 5.99. The molecule has 0 fully saturated rings. The Kier molecular flexibility index (Phi) is 5.34. The molecular weight excluding hydrogens is 260 g/mol. The number of aromatic nitrogens is 1. The van der Waals surface area contributed by atoms with Gasteiger partial charge in [-0.05, 0) is 31.5 Å². The molecule has 0 bridgehead atoms. The van der Waals surface area contributed by atoms with Crippen LogP contribution >= 0.6 is 0 Å². The summed E-state index contributed by atoms with van der Waals surface area (Å²) in [7, 11) is 0. The Labute approximate surface area is 127 Å². The van der Waals surface area contributed by atoms with E-state index in [1.54, 1.807) is 0 Å². The molecule has 0 aliphatic carbocycles. The second kappa shape index (κ2) is 7.23. The van der Waals surface area contributed by atoms with Crippen molar-refractivity contribution < 1.29 is 4.74 Å². The third-order valence-corrected chi connectivity index (χ3v) is 3.24. The summed E-state index contributed by atoms with van der Waals surface area (Å²) in [5.41, 5.74) is 4.70. The van der Waals surface area contributed by atoms with Crippen LogP contribution in [-0.4, -0.2) is 11.0 Å². The minimum Gasteiger partial charge on any atom is -0.489 e. The van der Waals surface area contributed by atoms with Crippen molar-refractivity contribution in [3.05, 3.63) is 58.9 Å². The number of hydrogen-bond donors (Lipinski definition) is 1. The third kappa shape index (κ3) is 4.87. The van der Waals surface area contributed by atoms with Crippen molar-refractivity contribution in [2.24, 2.45) is 0 Å². The van der Waals surface area contributed by atoms with Crippen LogP contribution in [0.5, 0.6) is 5.75 Å². The number of hydrogen-bond acceptors (Lipinski definition) is 3. The molecule has 1 aromatic carbocycles. The van der Waals surface area contributed by atoms with E-state index in [4.69, 9.17) is 4.74 Å². The van der Waals surface area contributed by atoms with Gasteiger partial charge in [0.25, 0.3) is 0 Å². The number of rotatable bonds is 6. The highest BCUT2D eigenvalue weighted by molar-refractivity contribution is 5.37. The standard InChI is InChI=1S/C18H24N2O/c1-13(2)20-11-17-8-14(3)5-6-18(17)21-12-16-7-15(4)9-19-10-16/h5-10,13,20H,11-12H2,1-4H3. The second-order valence-electron chi connectivity index (χ2n) is 5.81. The fraction of sp³-hybridized carbons (Fsp3) is 0.389. The van der Waals surface area contributed by atoms with E-state index in [2.05, 4.69) is 55.3 Å². The Hall–Kier alpha value is -1.87. The fourth-order valence-electron chi connectivity index (χ4n) is 2.16. The van der Waals surface area contributed by atoms with Crippen LogP contribution in [0.4, 0.5) is 0 Å². The van der Waals surface area contributed by atoms with Gasteiger partial charge in [-0.25, -0.2) is 0 Å². The molecule has 3 heteroatoms. The Morgan fingerprint density at radius 2 is 1.90 bits per heavy atom. The van der Waals surface area contributed by atoms with E-state index in [0.717, 1.165) is 23.4 Å². The van der Waals surface area contributed by atoms with Crippen molar-refractivity contribution in [2.45, 2.75) is 46.9 Å². The van der Waals surface area contributed by atoms with Crippen LogP contribution in [-0.2, 0) is 13.2 Å². The van der Waals surface area contributed by atoms with Gasteiger partial charge in [-0.3, -0.25) is 4.98 Å². The maximum Gasteiger partial charge on any atom is 0.124 e. The van der Waals surface area contributed by atoms with E-state index in [1.165, 1.54) is 11.1 Å². The summed E-state index contributed by atoms with van der Waals surface area (Å²) in [6.07, 6.45) is 3.71. The highest BCUT2D eigenvalue weighted by Crippen LogP contribution is 2.21. The second-order valence-corrected chi connectivity index (χ2v) is 5.81. The van der Waals surface area contributed by atoms with E-state index in [1.807, 2.05) is 19.3 Å². The largest absolute Gasteiger partial charge is 0.489 e. The van der Waals surface area contributed by atoms with Crippen LogP contribution in [0.1, 0.15) is 36.1 Å². The molecule has 0 atom stereocenters. The average molecular weight is 284 g/mol. The molecule has 0 aliphatic rings. The summed E-state index contributed by atoms with van der Waals surface area (Å²) in [5, 5.41) is 3.44. The van der Waals surface area contributed by atoms with Crippen molar-refractivity contribution >= 4 is 0 Å². The summed E-state index contributed by atoms with van der Waals surface area (Å²) in [4.78, 5) is 4.20. The van der Waals surface area contributed by atoms with Crippen molar-refractivity contribution in [1.82, 2.24) is 10.3 Å². The minimum absolute atomic E-state index is 0.458. The molecule has 21 heavy (non-hydrogen) atoms. The highest BCUT2D eigenvalue weighted by atomic mass is 16.5. The van der Waals surface area contributed by atoms with Crippen LogP contribution in [0.15, 0.2) is 36.7 Å². The van der Waals surface area contributed by atoms with Gasteiger partial charge in [0.15, 0.2) is 0 Å². The predicted molar refractivity (Wildman–Crippen MR) is 86.5 cm³/mol. The summed E-state index contributed by atoms with van der Waals surface area (Å²) in [6.45, 7) is 9.81. The zero-order chi connectivity index (χ0) is 15.2. The quantitative estimate of drug-likeness (QED) is 0.876. The molecule has 112 valence electrons. The number of ether oxygens (including phenoxy) is 1. The molecule has 0 unspecified atom stereocenters. The molecule has 2 rings (SSSR count). The Morgan fingerprint density at radius 3 is 2.62 bits per heavy atom. The first-order valence-electron chi connectivity index (χ1n) is 7.41. The van der Waals surface area contributed by atoms with Crippen LogP contribution in [0, 0.1) is 13.8 Å². The molecule has 0 saturated heterocycles. The van der Waals surface area contributed by atoms with Crippen molar-refractivity contribution in [2.75, 3.05) is 0 Å². The van der Waals surface area contributed by atoms with Gasteiger partial charge in [0.05, 0.1) is 0 Å². The van der Waals surface area contributed by atoms with Gasteiger partial charge in [0, 0.05) is 36.1 Å². The fourth-order valence-corrected chi connectivity index (χ4v) is 2.16. The van der Waals surface area contributed by atoms with E-state index in [0.29, 0.717) is 12.6 Å². The van der Waals surface area contributed by atoms with Gasteiger partial charge in [-0.15, -0.1) is 0 Å². The van der Waals surface area contributed by atoms with Crippen LogP contribution in [0.3, 0.4) is 0 Å². The predicted octanol–water partition coefficient (Wildman–Crippen LogP) is 3.78. The van der Waals surface area contributed by atoms with Crippen LogP contribution < -0.4 is 10.1 Å². The molecule has 0 radical (unpaired) electrons. The molecule has 1 N–H and O–H groups in total. The van der Waals surface area contributed by atoms with Gasteiger partial charge in [0.1, 0.15) is 12.4 Å². The topological polar surface area (TPSA) is 34.1 Å². The van der Waals surface area contributed by atoms with E-state index in [9.17, 15) is 0 Å². The molecule has 1 aromatic heterocycles. The average Bonchev–Trinajstić information content (AvgIpc) is 2.44. The normalized spacial score (nSPS) is 10.9. The minimum atomic E-state index is 0.458. The monoisotopic (exact) mass is 284 g/mol. The molecular formula is C18H24N2O. The maximum atomic E-state index is 5.99. The Bertz CT molecular complexity index is 594. The van der Waals surface area contributed by atoms with Crippen molar-refractivity contribution in [1.29, 1.82) is 0 Å². The molecule has 0 amide bonds. The zero-order valence-corrected chi connectivity index (χ0v) is 13.3. The van der Waals surface area contributed by atoms with E-state index < -0.39 is 0 Å². The summed E-state index contributed by atoms with van der Waals surface area (Å²) in [6, 6.07) is 8.88. The SMILES string of the molecule is Cc1cncc(COc2ccc(C)cc2CNC(C)C)c1. The van der Waals surface area contributed by atoms with E-state index in [-0.39, 0.29) is 0 Å². The van der Waals surface area contributed by atoms with Gasteiger partial charge in [0.2, 0.25) is 0 Å². The van der Waals surface area contributed by atoms with Crippen LogP contribution in [0.25, 0.3) is 0 Å². The lowest BCUT2D eigenvalue weighted by Crippen LogP contribution is -2.22. The smallest absolute Gasteiger partial charge is 0.124 e. The summed E-state index contributed by atoms with van der Waals surface area (Å²) >= 11 is 0. The molecule has 0 saturated carbocycles. The van der Waals surface area contributed by atoms with Gasteiger partial charge < -0.3 is 10.1 Å². The first kappa shape index (κ1) is 15.5. The van der Waals surface area contributed by atoms with Gasteiger partial charge >= 0.3 is 0 Å². The van der Waals surface area contributed by atoms with Crippen molar-refractivity contribution in [3.8, 4) is 5.75 Å². The lowest BCUT2D eigenvalue weighted by molar-refractivity contribution is 0.301. The van der Waals surface area contributed by atoms with Gasteiger partial charge in [-0.2, -0.15) is 0 Å². The molecule has 1 heterocycles. The molecule has 3 nitrogen and oxygen atoms in total. The first-order chi connectivity index (χ1) is 10.0. The van der Waals surface area contributed by atoms with Crippen LogP contribution in [0.2, 0.25) is 0 Å². The lowest BCUT2D eigenvalue weighted by Gasteiger charge is -2.14. The van der Waals surface area contributed by atoms with E-state index >= 15 is 0 Å². The number of nitrogens with one attached hydrogen (secondary N) is 1. The number of pyridine rings is 1. The molecule has 0 aliphatic heterocycles. The highest BCUT2D eigenvalue weighted by Gasteiger charge is 2.06. The first-order valence-corrected chi connectivity index (χ1v) is 7.41. The van der Waals surface area contributed by atoms with Crippen molar-refractivity contribution in [3.63, 3.8) is 0 Å². The third-order valence-electron chi connectivity index (χ3n) is 3.24. The number of aryl methyl sites for hydroxylation is 2. The zero-order valence-electron chi connectivity index (χ0n) is 13.3. The number of benzene rings is 1. The lowest BCUT2D eigenvalue weighted by atomic mass is 10.1. The molecule has 2 aromatic rings. The summed E-state index contributed by atoms with van der Waals surface area (Å²) < 4.78 is 5.99. The molecule has 0 spiro atoms. The Balaban J connectivity index is 2.08. The summed E-state index contributed by atoms with van der Waals surface area (Å²) in [5.74, 6) is 0.940. The van der Waals surface area contributed by atoms with Gasteiger partial charge in [-0.1, -0.05) is 31.5 Å².